The van der Waals surface area contributed by atoms with Gasteiger partial charge < -0.3 is 5.73 Å². The van der Waals surface area contributed by atoms with Crippen LogP contribution in [0.3, 0.4) is 0 Å². The lowest BCUT2D eigenvalue weighted by molar-refractivity contribution is 0.199. The van der Waals surface area contributed by atoms with Gasteiger partial charge in [-0.25, -0.2) is 0 Å². The topological polar surface area (TPSA) is 29.3 Å². The smallest absolute Gasteiger partial charge is 0.0416 e. The molecule has 0 aromatic carbocycles. The van der Waals surface area contributed by atoms with Gasteiger partial charge >= 0.3 is 0 Å². The third-order valence-electron chi connectivity index (χ3n) is 3.15. The zero-order chi connectivity index (χ0) is 9.97. The van der Waals surface area contributed by atoms with Crippen molar-refractivity contribution in [2.24, 2.45) is 5.73 Å². The fraction of sp³-hybridized carbons (Fsp3) is 0.636. The van der Waals surface area contributed by atoms with Crippen molar-refractivity contribution in [1.82, 2.24) is 4.90 Å². The normalized spacial score (nSPS) is 25.4. The second-order valence-corrected chi connectivity index (χ2v) is 4.94. The molecule has 1 aromatic heterocycles. The molecule has 1 aromatic rings. The minimum absolute atomic E-state index is 0.547. The molecule has 2 nitrogen and oxygen atoms in total. The van der Waals surface area contributed by atoms with Crippen LogP contribution >= 0.6 is 11.3 Å². The molecular weight excluding hydrogens is 192 g/mol. The first-order chi connectivity index (χ1) is 6.83. The second kappa shape index (κ2) is 4.43. The maximum absolute atomic E-state index is 5.78. The van der Waals surface area contributed by atoms with Crippen LogP contribution in [0.2, 0.25) is 0 Å². The first-order valence-electron chi connectivity index (χ1n) is 5.32. The monoisotopic (exact) mass is 210 g/mol. The Morgan fingerprint density at radius 1 is 1.71 bits per heavy atom. The first-order valence-corrected chi connectivity index (χ1v) is 6.20. The Balaban J connectivity index is 2.07. The van der Waals surface area contributed by atoms with Gasteiger partial charge in [-0.2, -0.15) is 0 Å². The summed E-state index contributed by atoms with van der Waals surface area (Å²) >= 11 is 1.85. The highest BCUT2D eigenvalue weighted by Crippen LogP contribution is 2.30. The Morgan fingerprint density at radius 2 is 2.57 bits per heavy atom. The number of nitrogens with two attached hydrogens (primary N) is 1. The lowest BCUT2D eigenvalue weighted by atomic mass is 10.2. The van der Waals surface area contributed by atoms with Gasteiger partial charge in [-0.1, -0.05) is 6.07 Å². The van der Waals surface area contributed by atoms with E-state index in [0.29, 0.717) is 12.1 Å². The van der Waals surface area contributed by atoms with Gasteiger partial charge in [0.05, 0.1) is 0 Å². The average Bonchev–Trinajstić information content (AvgIpc) is 2.87. The van der Waals surface area contributed by atoms with E-state index >= 15 is 0 Å². The van der Waals surface area contributed by atoms with Gasteiger partial charge in [-0.15, -0.1) is 11.3 Å². The van der Waals surface area contributed by atoms with Crippen LogP contribution in [-0.2, 0) is 0 Å². The summed E-state index contributed by atoms with van der Waals surface area (Å²) < 4.78 is 0. The van der Waals surface area contributed by atoms with E-state index in [1.165, 1.54) is 24.3 Å². The van der Waals surface area contributed by atoms with Crippen molar-refractivity contribution in [3.63, 3.8) is 0 Å². The highest BCUT2D eigenvalue weighted by molar-refractivity contribution is 7.10. The van der Waals surface area contributed by atoms with Crippen LogP contribution in [0.4, 0.5) is 0 Å². The molecule has 0 spiro atoms. The highest BCUT2D eigenvalue weighted by Gasteiger charge is 2.28. The van der Waals surface area contributed by atoms with E-state index in [-0.39, 0.29) is 0 Å². The Morgan fingerprint density at radius 3 is 3.21 bits per heavy atom. The van der Waals surface area contributed by atoms with Crippen LogP contribution in [0, 0.1) is 0 Å². The lowest BCUT2D eigenvalue weighted by Gasteiger charge is -2.29. The average molecular weight is 210 g/mol. The molecule has 1 aliphatic heterocycles. The van der Waals surface area contributed by atoms with Crippen molar-refractivity contribution in [1.29, 1.82) is 0 Å². The molecule has 0 bridgehead atoms. The molecule has 0 unspecified atom stereocenters. The minimum Gasteiger partial charge on any atom is -0.329 e. The van der Waals surface area contributed by atoms with Gasteiger partial charge in [0, 0.05) is 23.5 Å². The molecule has 2 heterocycles. The summed E-state index contributed by atoms with van der Waals surface area (Å²) in [5, 5.41) is 2.15. The summed E-state index contributed by atoms with van der Waals surface area (Å²) in [5.41, 5.74) is 5.78. The maximum Gasteiger partial charge on any atom is 0.0416 e. The first kappa shape index (κ1) is 10.1. The van der Waals surface area contributed by atoms with Crippen LogP contribution in [0.15, 0.2) is 17.5 Å². The molecule has 2 atom stereocenters. The van der Waals surface area contributed by atoms with E-state index in [0.717, 1.165) is 6.54 Å². The van der Waals surface area contributed by atoms with Gasteiger partial charge in [-0.05, 0) is 37.8 Å². The standard InChI is InChI=1S/C11H18N2S/c1-9(11-5-3-7-14-11)13-6-2-4-10(13)8-12/h3,5,7,9-10H,2,4,6,8,12H2,1H3/t9-,10-/m0/s1. The molecule has 1 saturated heterocycles. The predicted octanol–water partition coefficient (Wildman–Crippen LogP) is 2.23. The molecule has 1 aliphatic rings. The fourth-order valence-corrected chi connectivity index (χ4v) is 3.12. The molecule has 3 heteroatoms. The van der Waals surface area contributed by atoms with Gasteiger partial charge in [-0.3, -0.25) is 4.90 Å². The number of hydrogen-bond acceptors (Lipinski definition) is 3. The van der Waals surface area contributed by atoms with Gasteiger partial charge in [0.1, 0.15) is 0 Å². The molecule has 0 aliphatic carbocycles. The van der Waals surface area contributed by atoms with E-state index in [1.54, 1.807) is 0 Å². The van der Waals surface area contributed by atoms with Crippen molar-refractivity contribution in [3.05, 3.63) is 22.4 Å². The number of hydrogen-bond donors (Lipinski definition) is 1. The van der Waals surface area contributed by atoms with Crippen LogP contribution in [0.1, 0.15) is 30.7 Å². The number of nitrogens with zero attached hydrogens (tertiary/aromatic N) is 1. The van der Waals surface area contributed by atoms with E-state index in [1.807, 2.05) is 11.3 Å². The SMILES string of the molecule is C[C@@H](c1cccs1)N1CCC[C@H]1CN. The summed E-state index contributed by atoms with van der Waals surface area (Å²) in [5.74, 6) is 0. The lowest BCUT2D eigenvalue weighted by Crippen LogP contribution is -2.36. The Bertz CT molecular complexity index is 271. The second-order valence-electron chi connectivity index (χ2n) is 3.96. The molecule has 0 amide bonds. The van der Waals surface area contributed by atoms with E-state index in [2.05, 4.69) is 29.3 Å². The molecule has 14 heavy (non-hydrogen) atoms. The third kappa shape index (κ3) is 1.85. The van der Waals surface area contributed by atoms with Crippen molar-refractivity contribution in [2.45, 2.75) is 31.8 Å². The van der Waals surface area contributed by atoms with Crippen LogP contribution < -0.4 is 5.73 Å². The van der Waals surface area contributed by atoms with Crippen LogP contribution in [0.5, 0.6) is 0 Å². The molecule has 2 N–H and O–H groups in total. The van der Waals surface area contributed by atoms with Crippen molar-refractivity contribution in [2.75, 3.05) is 13.1 Å². The fourth-order valence-electron chi connectivity index (χ4n) is 2.31. The van der Waals surface area contributed by atoms with Gasteiger partial charge in [0.2, 0.25) is 0 Å². The van der Waals surface area contributed by atoms with E-state index in [9.17, 15) is 0 Å². The highest BCUT2D eigenvalue weighted by atomic mass is 32.1. The maximum atomic E-state index is 5.78. The number of thiophene rings is 1. The zero-order valence-electron chi connectivity index (χ0n) is 8.65. The van der Waals surface area contributed by atoms with Crippen molar-refractivity contribution < 1.29 is 0 Å². The number of rotatable bonds is 3. The Hall–Kier alpha value is -0.380. The van der Waals surface area contributed by atoms with E-state index in [4.69, 9.17) is 5.73 Å². The summed E-state index contributed by atoms with van der Waals surface area (Å²) in [6, 6.07) is 5.50. The third-order valence-corrected chi connectivity index (χ3v) is 4.19. The quantitative estimate of drug-likeness (QED) is 0.829. The van der Waals surface area contributed by atoms with Crippen molar-refractivity contribution in [3.8, 4) is 0 Å². The summed E-state index contributed by atoms with van der Waals surface area (Å²) in [6.07, 6.45) is 2.57. The largest absolute Gasteiger partial charge is 0.329 e. The van der Waals surface area contributed by atoms with Crippen LogP contribution in [0.25, 0.3) is 0 Å². The molecule has 1 fully saturated rings. The predicted molar refractivity (Wildman–Crippen MR) is 61.5 cm³/mol. The summed E-state index contributed by atoms with van der Waals surface area (Å²) in [7, 11) is 0. The van der Waals surface area contributed by atoms with Gasteiger partial charge in [0.15, 0.2) is 0 Å². The number of likely N-dealkylation sites (tertiary alicyclic amines) is 1. The van der Waals surface area contributed by atoms with Crippen molar-refractivity contribution >= 4 is 11.3 Å². The molecule has 0 radical (unpaired) electrons. The molecular formula is C11H18N2S. The molecule has 78 valence electrons. The summed E-state index contributed by atoms with van der Waals surface area (Å²) in [4.78, 5) is 4.01. The minimum atomic E-state index is 0.547. The summed E-state index contributed by atoms with van der Waals surface area (Å²) in [6.45, 7) is 4.30. The Labute approximate surface area is 89.7 Å². The van der Waals surface area contributed by atoms with Crippen LogP contribution in [-0.4, -0.2) is 24.0 Å². The zero-order valence-corrected chi connectivity index (χ0v) is 9.46. The molecule has 0 saturated carbocycles. The molecule has 2 rings (SSSR count). The Kier molecular flexibility index (Phi) is 3.21. The van der Waals surface area contributed by atoms with Gasteiger partial charge in [0.25, 0.3) is 0 Å². The van der Waals surface area contributed by atoms with E-state index < -0.39 is 0 Å².